The van der Waals surface area contributed by atoms with Gasteiger partial charge < -0.3 is 10.4 Å². The van der Waals surface area contributed by atoms with E-state index in [2.05, 4.69) is 11.6 Å². The van der Waals surface area contributed by atoms with E-state index in [1.165, 1.54) is 12.1 Å². The SMILES string of the molecule is CSC1CCC(Nc2ccc(F)cc2C(=O)O)CC1. The Labute approximate surface area is 116 Å². The van der Waals surface area contributed by atoms with Gasteiger partial charge in [-0.25, -0.2) is 9.18 Å². The third-order valence-electron chi connectivity index (χ3n) is 3.58. The maximum atomic E-state index is 13.1. The molecule has 0 amide bonds. The molecule has 0 aliphatic heterocycles. The largest absolute Gasteiger partial charge is 0.478 e. The lowest BCUT2D eigenvalue weighted by Gasteiger charge is -2.29. The van der Waals surface area contributed by atoms with Crippen LogP contribution in [0.25, 0.3) is 0 Å². The molecule has 1 aliphatic carbocycles. The van der Waals surface area contributed by atoms with Crippen LogP contribution in [0.1, 0.15) is 36.0 Å². The number of nitrogens with one attached hydrogen (secondary N) is 1. The minimum atomic E-state index is -1.10. The second-order valence-corrected chi connectivity index (χ2v) is 5.99. The number of anilines is 1. The molecule has 0 spiro atoms. The normalized spacial score (nSPS) is 23.1. The van der Waals surface area contributed by atoms with Crippen molar-refractivity contribution in [2.75, 3.05) is 11.6 Å². The van der Waals surface area contributed by atoms with Gasteiger partial charge in [-0.15, -0.1) is 0 Å². The summed E-state index contributed by atoms with van der Waals surface area (Å²) >= 11 is 1.89. The van der Waals surface area contributed by atoms with Crippen LogP contribution >= 0.6 is 11.8 Å². The van der Waals surface area contributed by atoms with Gasteiger partial charge in [0, 0.05) is 17.0 Å². The topological polar surface area (TPSA) is 49.3 Å². The Balaban J connectivity index is 2.05. The minimum Gasteiger partial charge on any atom is -0.478 e. The summed E-state index contributed by atoms with van der Waals surface area (Å²) in [6.45, 7) is 0. The highest BCUT2D eigenvalue weighted by atomic mass is 32.2. The van der Waals surface area contributed by atoms with Gasteiger partial charge in [0.2, 0.25) is 0 Å². The van der Waals surface area contributed by atoms with Crippen LogP contribution < -0.4 is 5.32 Å². The quantitative estimate of drug-likeness (QED) is 0.886. The van der Waals surface area contributed by atoms with Gasteiger partial charge in [0.25, 0.3) is 0 Å². The Morgan fingerprint density at radius 1 is 1.37 bits per heavy atom. The average Bonchev–Trinajstić information content (AvgIpc) is 2.41. The number of aromatic carboxylic acids is 1. The molecular formula is C14H18FNO2S. The van der Waals surface area contributed by atoms with Gasteiger partial charge in [0.05, 0.1) is 5.56 Å². The van der Waals surface area contributed by atoms with E-state index in [4.69, 9.17) is 5.11 Å². The number of halogens is 1. The molecule has 3 nitrogen and oxygen atoms in total. The summed E-state index contributed by atoms with van der Waals surface area (Å²) in [6, 6.07) is 4.16. The molecule has 0 radical (unpaired) electrons. The van der Waals surface area contributed by atoms with E-state index < -0.39 is 11.8 Å². The number of carboxylic acids is 1. The molecule has 2 rings (SSSR count). The number of hydrogen-bond donors (Lipinski definition) is 2. The summed E-state index contributed by atoms with van der Waals surface area (Å²) < 4.78 is 13.1. The molecule has 1 aromatic carbocycles. The number of carboxylic acid groups (broad SMARTS) is 1. The molecule has 1 aromatic rings. The molecule has 104 valence electrons. The first-order valence-corrected chi connectivity index (χ1v) is 7.71. The van der Waals surface area contributed by atoms with Crippen molar-refractivity contribution >= 4 is 23.4 Å². The summed E-state index contributed by atoms with van der Waals surface area (Å²) in [4.78, 5) is 11.1. The van der Waals surface area contributed by atoms with Crippen molar-refractivity contribution in [1.82, 2.24) is 0 Å². The van der Waals surface area contributed by atoms with Crippen LogP contribution in [0.15, 0.2) is 18.2 Å². The van der Waals surface area contributed by atoms with Gasteiger partial charge >= 0.3 is 5.97 Å². The Morgan fingerprint density at radius 3 is 2.63 bits per heavy atom. The fourth-order valence-corrected chi connectivity index (χ4v) is 3.23. The number of benzene rings is 1. The molecule has 5 heteroatoms. The van der Waals surface area contributed by atoms with Gasteiger partial charge in [0.15, 0.2) is 0 Å². The Morgan fingerprint density at radius 2 is 2.05 bits per heavy atom. The zero-order valence-corrected chi connectivity index (χ0v) is 11.7. The third-order valence-corrected chi connectivity index (χ3v) is 4.72. The van der Waals surface area contributed by atoms with Gasteiger partial charge in [0.1, 0.15) is 5.82 Å². The summed E-state index contributed by atoms with van der Waals surface area (Å²) in [5.74, 6) is -1.62. The highest BCUT2D eigenvalue weighted by Crippen LogP contribution is 2.29. The van der Waals surface area contributed by atoms with Crippen molar-refractivity contribution in [3.63, 3.8) is 0 Å². The van der Waals surface area contributed by atoms with Crippen molar-refractivity contribution in [1.29, 1.82) is 0 Å². The molecule has 0 bridgehead atoms. The highest BCUT2D eigenvalue weighted by molar-refractivity contribution is 7.99. The average molecular weight is 283 g/mol. The Hall–Kier alpha value is -1.23. The smallest absolute Gasteiger partial charge is 0.337 e. The van der Waals surface area contributed by atoms with Crippen LogP contribution in [-0.4, -0.2) is 28.6 Å². The zero-order valence-electron chi connectivity index (χ0n) is 10.9. The first-order valence-electron chi connectivity index (χ1n) is 6.42. The van der Waals surface area contributed by atoms with Crippen molar-refractivity contribution in [3.8, 4) is 0 Å². The van der Waals surface area contributed by atoms with Gasteiger partial charge in [-0.3, -0.25) is 0 Å². The van der Waals surface area contributed by atoms with Crippen LogP contribution in [0.4, 0.5) is 10.1 Å². The Bertz CT molecular complexity index is 459. The lowest BCUT2D eigenvalue weighted by atomic mass is 9.94. The van der Waals surface area contributed by atoms with Crippen molar-refractivity contribution < 1.29 is 14.3 Å². The molecule has 0 unspecified atom stereocenters. The van der Waals surface area contributed by atoms with Crippen LogP contribution in [0, 0.1) is 5.82 Å². The first-order chi connectivity index (χ1) is 9.10. The number of carbonyl (C=O) groups is 1. The summed E-state index contributed by atoms with van der Waals surface area (Å²) in [5, 5.41) is 13.0. The molecule has 0 atom stereocenters. The predicted octanol–water partition coefficient (Wildman–Crippen LogP) is 3.61. The zero-order chi connectivity index (χ0) is 13.8. The molecule has 19 heavy (non-hydrogen) atoms. The van der Waals surface area contributed by atoms with Crippen molar-refractivity contribution in [2.45, 2.75) is 37.0 Å². The van der Waals surface area contributed by atoms with E-state index >= 15 is 0 Å². The standard InChI is InChI=1S/C14H18FNO2S/c1-19-11-5-3-10(4-6-11)16-13-7-2-9(15)8-12(13)14(17)18/h2,7-8,10-11,16H,3-6H2,1H3,(H,17,18). The molecule has 0 heterocycles. The Kier molecular flexibility index (Phi) is 4.69. The second kappa shape index (κ2) is 6.28. The first kappa shape index (κ1) is 14.2. The van der Waals surface area contributed by atoms with E-state index in [1.54, 1.807) is 0 Å². The van der Waals surface area contributed by atoms with Crippen LogP contribution in [0.2, 0.25) is 0 Å². The summed E-state index contributed by atoms with van der Waals surface area (Å²) in [7, 11) is 0. The molecule has 0 saturated heterocycles. The fraction of sp³-hybridized carbons (Fsp3) is 0.500. The maximum Gasteiger partial charge on any atom is 0.337 e. The predicted molar refractivity (Wildman–Crippen MR) is 76.5 cm³/mol. The van der Waals surface area contributed by atoms with Gasteiger partial charge in [-0.1, -0.05) is 0 Å². The number of thioether (sulfide) groups is 1. The third kappa shape index (κ3) is 3.62. The number of rotatable bonds is 4. The van der Waals surface area contributed by atoms with Crippen LogP contribution in [0.3, 0.4) is 0 Å². The fourth-order valence-electron chi connectivity index (χ4n) is 2.48. The van der Waals surface area contributed by atoms with E-state index in [-0.39, 0.29) is 11.6 Å². The summed E-state index contributed by atoms with van der Waals surface area (Å²) in [6.07, 6.45) is 6.47. The van der Waals surface area contributed by atoms with Gasteiger partial charge in [-0.05, 0) is 50.1 Å². The maximum absolute atomic E-state index is 13.1. The molecule has 2 N–H and O–H groups in total. The molecule has 1 aliphatic rings. The lowest BCUT2D eigenvalue weighted by molar-refractivity contribution is 0.0697. The van der Waals surface area contributed by atoms with Crippen LogP contribution in [-0.2, 0) is 0 Å². The van der Waals surface area contributed by atoms with E-state index in [0.29, 0.717) is 10.9 Å². The molecule has 0 aromatic heterocycles. The molecular weight excluding hydrogens is 265 g/mol. The summed E-state index contributed by atoms with van der Waals surface area (Å²) in [5.41, 5.74) is 0.522. The highest BCUT2D eigenvalue weighted by Gasteiger charge is 2.21. The van der Waals surface area contributed by atoms with Crippen LogP contribution in [0.5, 0.6) is 0 Å². The monoisotopic (exact) mass is 283 g/mol. The van der Waals surface area contributed by atoms with Gasteiger partial charge in [-0.2, -0.15) is 11.8 Å². The van der Waals surface area contributed by atoms with E-state index in [0.717, 1.165) is 31.7 Å². The minimum absolute atomic E-state index is 0.00647. The second-order valence-electron chi connectivity index (χ2n) is 4.85. The van der Waals surface area contributed by atoms with E-state index in [1.807, 2.05) is 11.8 Å². The lowest BCUT2D eigenvalue weighted by Crippen LogP contribution is -2.27. The number of hydrogen-bond acceptors (Lipinski definition) is 3. The van der Waals surface area contributed by atoms with Crippen molar-refractivity contribution in [2.24, 2.45) is 0 Å². The van der Waals surface area contributed by atoms with Crippen molar-refractivity contribution in [3.05, 3.63) is 29.6 Å². The van der Waals surface area contributed by atoms with E-state index in [9.17, 15) is 9.18 Å². The molecule has 1 fully saturated rings. The molecule has 1 saturated carbocycles.